The highest BCUT2D eigenvalue weighted by Crippen LogP contribution is 2.38. The fraction of sp³-hybridized carbons (Fsp3) is 0.238. The predicted octanol–water partition coefficient (Wildman–Crippen LogP) is 3.46. The van der Waals surface area contributed by atoms with E-state index in [-0.39, 0.29) is 10.4 Å². The number of nitrogens with zero attached hydrogens (tertiary/aromatic N) is 4. The second-order valence-electron chi connectivity index (χ2n) is 7.31. The molecule has 5 rings (SSSR count). The molecule has 9 heteroatoms. The largest absolute Gasteiger partial charge is 0.304 e. The molecule has 30 heavy (non-hydrogen) atoms. The quantitative estimate of drug-likeness (QED) is 0.481. The third kappa shape index (κ3) is 3.37. The van der Waals surface area contributed by atoms with Crippen molar-refractivity contribution in [3.05, 3.63) is 54.6 Å². The van der Waals surface area contributed by atoms with E-state index in [9.17, 15) is 8.42 Å². The highest BCUT2D eigenvalue weighted by atomic mass is 32.2. The molecule has 154 valence electrons. The summed E-state index contributed by atoms with van der Waals surface area (Å²) in [5, 5.41) is 10.2. The number of piperazine rings is 1. The van der Waals surface area contributed by atoms with Crippen LogP contribution in [0.4, 0.5) is 0 Å². The molecule has 0 saturated carbocycles. The Morgan fingerprint density at radius 1 is 0.867 bits per heavy atom. The van der Waals surface area contributed by atoms with Crippen LogP contribution in [0.15, 0.2) is 73.9 Å². The molecule has 0 radical (unpaired) electrons. The van der Waals surface area contributed by atoms with Crippen molar-refractivity contribution in [2.45, 2.75) is 14.7 Å². The smallest absolute Gasteiger partial charge is 0.245 e. The van der Waals surface area contributed by atoms with Crippen molar-refractivity contribution in [1.82, 2.24) is 19.5 Å². The standard InChI is InChI=1S/C21H20N4O3S2/c1-24-11-13-25(14-12-24)30(26,27)19-10-9-18(20-21(19)23-28-22-20)29-17-8-4-6-15-5-2-3-7-16(15)17/h2-10H,11-14H2,1H3. The van der Waals surface area contributed by atoms with Crippen LogP contribution < -0.4 is 0 Å². The van der Waals surface area contributed by atoms with Gasteiger partial charge < -0.3 is 4.90 Å². The molecule has 1 saturated heterocycles. The Morgan fingerprint density at radius 3 is 2.43 bits per heavy atom. The van der Waals surface area contributed by atoms with Gasteiger partial charge >= 0.3 is 0 Å². The zero-order chi connectivity index (χ0) is 20.7. The number of hydrogen-bond donors (Lipinski definition) is 0. The lowest BCUT2D eigenvalue weighted by atomic mass is 10.1. The highest BCUT2D eigenvalue weighted by Gasteiger charge is 2.31. The van der Waals surface area contributed by atoms with Crippen LogP contribution in [0.25, 0.3) is 21.8 Å². The number of fused-ring (bicyclic) bond motifs is 2. The summed E-state index contributed by atoms with van der Waals surface area (Å²) in [5.74, 6) is 0. The van der Waals surface area contributed by atoms with Gasteiger partial charge in [0.1, 0.15) is 4.90 Å². The van der Waals surface area contributed by atoms with E-state index in [0.717, 1.165) is 20.6 Å². The first-order valence-corrected chi connectivity index (χ1v) is 11.9. The van der Waals surface area contributed by atoms with Crippen LogP contribution in [0.1, 0.15) is 0 Å². The molecule has 0 spiro atoms. The second kappa shape index (κ2) is 7.66. The maximum Gasteiger partial charge on any atom is 0.245 e. The molecule has 0 N–H and O–H groups in total. The number of aromatic nitrogens is 2. The van der Waals surface area contributed by atoms with E-state index >= 15 is 0 Å². The first-order valence-electron chi connectivity index (χ1n) is 9.63. The zero-order valence-electron chi connectivity index (χ0n) is 16.4. The van der Waals surface area contributed by atoms with Crippen LogP contribution >= 0.6 is 11.8 Å². The molecule has 1 fully saturated rings. The molecule has 3 aromatic carbocycles. The fourth-order valence-corrected chi connectivity index (χ4v) is 6.27. The summed E-state index contributed by atoms with van der Waals surface area (Å²) in [4.78, 5) is 4.13. The van der Waals surface area contributed by atoms with E-state index in [1.54, 1.807) is 12.1 Å². The molecule has 0 atom stereocenters. The number of sulfonamides is 1. The number of likely N-dealkylation sites (N-methyl/N-ethyl adjacent to an activating group) is 1. The highest BCUT2D eigenvalue weighted by molar-refractivity contribution is 7.99. The maximum atomic E-state index is 13.2. The van der Waals surface area contributed by atoms with Gasteiger partial charge in [0.15, 0.2) is 11.0 Å². The van der Waals surface area contributed by atoms with Crippen molar-refractivity contribution >= 4 is 43.6 Å². The van der Waals surface area contributed by atoms with Gasteiger partial charge in [0.2, 0.25) is 10.0 Å². The van der Waals surface area contributed by atoms with Crippen LogP contribution in [0.2, 0.25) is 0 Å². The van der Waals surface area contributed by atoms with Gasteiger partial charge in [-0.15, -0.1) is 0 Å². The minimum atomic E-state index is -3.67. The number of hydrogen-bond acceptors (Lipinski definition) is 7. The third-order valence-electron chi connectivity index (χ3n) is 5.39. The van der Waals surface area contributed by atoms with Crippen LogP contribution in [-0.2, 0) is 10.0 Å². The Kier molecular flexibility index (Phi) is 4.98. The average molecular weight is 441 g/mol. The monoisotopic (exact) mass is 440 g/mol. The van der Waals surface area contributed by atoms with Gasteiger partial charge in [-0.25, -0.2) is 13.0 Å². The van der Waals surface area contributed by atoms with Gasteiger partial charge in [-0.05, 0) is 46.3 Å². The molecule has 0 aliphatic carbocycles. The Morgan fingerprint density at radius 2 is 1.60 bits per heavy atom. The van der Waals surface area contributed by atoms with E-state index in [0.29, 0.717) is 31.7 Å². The summed E-state index contributed by atoms with van der Waals surface area (Å²) < 4.78 is 33.0. The van der Waals surface area contributed by atoms with Gasteiger partial charge in [0.05, 0.1) is 0 Å². The number of benzene rings is 3. The van der Waals surface area contributed by atoms with Crippen molar-refractivity contribution in [2.24, 2.45) is 0 Å². The Labute approximate surface area is 178 Å². The number of rotatable bonds is 4. The Bertz CT molecular complexity index is 1320. The normalized spacial score (nSPS) is 16.4. The zero-order valence-corrected chi connectivity index (χ0v) is 18.0. The van der Waals surface area contributed by atoms with Crippen LogP contribution in [0.3, 0.4) is 0 Å². The van der Waals surface area contributed by atoms with Gasteiger partial charge in [-0.3, -0.25) is 0 Å². The molecule has 1 aromatic heterocycles. The molecule has 0 amide bonds. The Balaban J connectivity index is 1.55. The summed E-state index contributed by atoms with van der Waals surface area (Å²) in [5.41, 5.74) is 0.738. The van der Waals surface area contributed by atoms with Gasteiger partial charge in [-0.1, -0.05) is 48.2 Å². The molecule has 0 bridgehead atoms. The molecule has 4 aromatic rings. The van der Waals surface area contributed by atoms with Crippen LogP contribution in [0.5, 0.6) is 0 Å². The summed E-state index contributed by atoms with van der Waals surface area (Å²) in [7, 11) is -1.68. The minimum absolute atomic E-state index is 0.144. The van der Waals surface area contributed by atoms with E-state index in [4.69, 9.17) is 4.63 Å². The lowest BCUT2D eigenvalue weighted by molar-refractivity contribution is 0.222. The lowest BCUT2D eigenvalue weighted by Crippen LogP contribution is -2.47. The first kappa shape index (κ1) is 19.5. The summed E-state index contributed by atoms with van der Waals surface area (Å²) in [6.07, 6.45) is 0. The van der Waals surface area contributed by atoms with E-state index in [2.05, 4.69) is 33.4 Å². The molecule has 7 nitrogen and oxygen atoms in total. The summed E-state index contributed by atoms with van der Waals surface area (Å²) in [6, 6.07) is 17.7. The van der Waals surface area contributed by atoms with Gasteiger partial charge in [0.25, 0.3) is 0 Å². The van der Waals surface area contributed by atoms with Crippen molar-refractivity contribution in [1.29, 1.82) is 0 Å². The second-order valence-corrected chi connectivity index (χ2v) is 10.3. The van der Waals surface area contributed by atoms with E-state index in [1.807, 2.05) is 31.3 Å². The SMILES string of the molecule is CN1CCN(S(=O)(=O)c2ccc(Sc3cccc4ccccc34)c3nonc23)CC1. The van der Waals surface area contributed by atoms with Crippen molar-refractivity contribution in [2.75, 3.05) is 33.2 Å². The summed E-state index contributed by atoms with van der Waals surface area (Å²) >= 11 is 1.53. The van der Waals surface area contributed by atoms with E-state index < -0.39 is 10.0 Å². The van der Waals surface area contributed by atoms with Crippen molar-refractivity contribution < 1.29 is 13.0 Å². The Hall–Kier alpha value is -2.46. The molecule has 1 aliphatic rings. The molecular weight excluding hydrogens is 420 g/mol. The average Bonchev–Trinajstić information content (AvgIpc) is 3.25. The fourth-order valence-electron chi connectivity index (χ4n) is 3.68. The molecular formula is C21H20N4O3S2. The molecule has 0 unspecified atom stereocenters. The topological polar surface area (TPSA) is 79.5 Å². The van der Waals surface area contributed by atoms with E-state index in [1.165, 1.54) is 16.1 Å². The van der Waals surface area contributed by atoms with Gasteiger partial charge in [0, 0.05) is 36.0 Å². The minimum Gasteiger partial charge on any atom is -0.304 e. The van der Waals surface area contributed by atoms with Crippen LogP contribution in [0, 0.1) is 0 Å². The maximum absolute atomic E-state index is 13.2. The summed E-state index contributed by atoms with van der Waals surface area (Å²) in [6.45, 7) is 2.32. The first-order chi connectivity index (χ1) is 14.5. The van der Waals surface area contributed by atoms with Crippen molar-refractivity contribution in [3.63, 3.8) is 0 Å². The van der Waals surface area contributed by atoms with Gasteiger partial charge in [-0.2, -0.15) is 4.31 Å². The predicted molar refractivity (Wildman–Crippen MR) is 116 cm³/mol. The molecule has 1 aliphatic heterocycles. The molecule has 2 heterocycles. The third-order valence-corrected chi connectivity index (χ3v) is 8.45. The van der Waals surface area contributed by atoms with Crippen LogP contribution in [-0.4, -0.2) is 61.2 Å². The van der Waals surface area contributed by atoms with Crippen molar-refractivity contribution in [3.8, 4) is 0 Å². The lowest BCUT2D eigenvalue weighted by Gasteiger charge is -2.31.